The lowest BCUT2D eigenvalue weighted by Crippen LogP contribution is -2.32. The largest absolute Gasteiger partial charge is 0.496 e. The highest BCUT2D eigenvalue weighted by atomic mass is 32.2. The number of anilines is 1. The zero-order chi connectivity index (χ0) is 24.7. The van der Waals surface area contributed by atoms with E-state index >= 15 is 0 Å². The highest BCUT2D eigenvalue weighted by molar-refractivity contribution is 7.89. The van der Waals surface area contributed by atoms with Crippen molar-refractivity contribution in [1.82, 2.24) is 9.21 Å². The maximum absolute atomic E-state index is 13.3. The summed E-state index contributed by atoms with van der Waals surface area (Å²) in [7, 11) is -2.32. The number of hydrogen-bond donors (Lipinski definition) is 1. The van der Waals surface area contributed by atoms with Crippen molar-refractivity contribution in [3.8, 4) is 5.75 Å². The maximum Gasteiger partial charge on any atom is 0.259 e. The maximum atomic E-state index is 13.3. The van der Waals surface area contributed by atoms with E-state index in [0.29, 0.717) is 37.4 Å². The molecule has 0 aromatic heterocycles. The van der Waals surface area contributed by atoms with Crippen LogP contribution in [0.2, 0.25) is 0 Å². The number of rotatable bonds is 8. The lowest BCUT2D eigenvalue weighted by Gasteiger charge is -2.21. The van der Waals surface area contributed by atoms with Crippen molar-refractivity contribution < 1.29 is 22.7 Å². The Hall–Kier alpha value is -2.91. The van der Waals surface area contributed by atoms with Gasteiger partial charge in [0.15, 0.2) is 0 Å². The second-order valence-electron chi connectivity index (χ2n) is 8.16. The van der Waals surface area contributed by atoms with Gasteiger partial charge in [-0.15, -0.1) is 0 Å². The molecule has 9 heteroatoms. The molecule has 1 heterocycles. The third kappa shape index (κ3) is 5.59. The van der Waals surface area contributed by atoms with E-state index in [9.17, 15) is 18.0 Å². The van der Waals surface area contributed by atoms with Gasteiger partial charge in [0.1, 0.15) is 5.75 Å². The van der Waals surface area contributed by atoms with Crippen LogP contribution in [0.3, 0.4) is 0 Å². The molecule has 2 aromatic carbocycles. The third-order valence-corrected chi connectivity index (χ3v) is 7.97. The summed E-state index contributed by atoms with van der Waals surface area (Å²) in [5.41, 5.74) is 0.808. The molecule has 34 heavy (non-hydrogen) atoms. The molecule has 1 aliphatic rings. The normalized spacial score (nSPS) is 14.8. The Balaban J connectivity index is 1.93. The van der Waals surface area contributed by atoms with Crippen LogP contribution in [0.5, 0.6) is 5.75 Å². The summed E-state index contributed by atoms with van der Waals surface area (Å²) in [4.78, 5) is 27.9. The molecule has 0 radical (unpaired) electrons. The number of sulfonamides is 1. The molecule has 1 saturated heterocycles. The van der Waals surface area contributed by atoms with Gasteiger partial charge in [0.05, 0.1) is 28.8 Å². The van der Waals surface area contributed by atoms with Crippen LogP contribution in [0.15, 0.2) is 47.4 Å². The Labute approximate surface area is 201 Å². The number of benzene rings is 2. The molecule has 0 bridgehead atoms. The molecule has 1 N–H and O–H groups in total. The van der Waals surface area contributed by atoms with Gasteiger partial charge in [-0.2, -0.15) is 4.31 Å². The van der Waals surface area contributed by atoms with Crippen molar-refractivity contribution in [3.05, 3.63) is 53.6 Å². The second-order valence-corrected chi connectivity index (χ2v) is 10.1. The molecule has 8 nitrogen and oxygen atoms in total. The molecule has 0 spiro atoms. The first-order chi connectivity index (χ1) is 16.3. The van der Waals surface area contributed by atoms with Gasteiger partial charge in [0.2, 0.25) is 10.0 Å². The van der Waals surface area contributed by atoms with Crippen molar-refractivity contribution in [2.45, 2.75) is 44.4 Å². The van der Waals surface area contributed by atoms with Crippen LogP contribution in [0, 0.1) is 0 Å². The number of carbonyl (C=O) groups excluding carboxylic acids is 2. The number of carbonyl (C=O) groups is 2. The molecule has 0 saturated carbocycles. The number of ether oxygens (including phenoxy) is 1. The van der Waals surface area contributed by atoms with E-state index in [1.807, 2.05) is 13.8 Å². The summed E-state index contributed by atoms with van der Waals surface area (Å²) in [5, 5.41) is 2.78. The van der Waals surface area contributed by atoms with Crippen LogP contribution >= 0.6 is 0 Å². The minimum absolute atomic E-state index is 0.0489. The van der Waals surface area contributed by atoms with E-state index in [1.165, 1.54) is 29.6 Å². The number of para-hydroxylation sites is 1. The smallest absolute Gasteiger partial charge is 0.259 e. The second kappa shape index (κ2) is 11.5. The van der Waals surface area contributed by atoms with Gasteiger partial charge >= 0.3 is 0 Å². The lowest BCUT2D eigenvalue weighted by molar-refractivity contribution is 0.0774. The monoisotopic (exact) mass is 487 g/mol. The summed E-state index contributed by atoms with van der Waals surface area (Å²) < 4.78 is 33.4. The lowest BCUT2D eigenvalue weighted by atomic mass is 10.1. The first-order valence-electron chi connectivity index (χ1n) is 11.7. The van der Waals surface area contributed by atoms with E-state index < -0.39 is 15.9 Å². The van der Waals surface area contributed by atoms with Crippen LogP contribution in [0.25, 0.3) is 0 Å². The number of methoxy groups -OCH3 is 1. The van der Waals surface area contributed by atoms with Crippen LogP contribution < -0.4 is 10.1 Å². The molecule has 1 aliphatic heterocycles. The van der Waals surface area contributed by atoms with Gasteiger partial charge in [-0.3, -0.25) is 9.59 Å². The van der Waals surface area contributed by atoms with Crippen LogP contribution in [-0.4, -0.2) is 62.7 Å². The summed E-state index contributed by atoms with van der Waals surface area (Å²) in [6.45, 7) is 5.81. The molecule has 1 fully saturated rings. The first-order valence-corrected chi connectivity index (χ1v) is 13.1. The first kappa shape index (κ1) is 25.7. The van der Waals surface area contributed by atoms with Crippen molar-refractivity contribution in [2.24, 2.45) is 0 Å². The summed E-state index contributed by atoms with van der Waals surface area (Å²) in [6.07, 6.45) is 3.65. The highest BCUT2D eigenvalue weighted by Gasteiger charge is 2.27. The van der Waals surface area contributed by atoms with E-state index in [4.69, 9.17) is 4.74 Å². The molecule has 0 unspecified atom stereocenters. The minimum atomic E-state index is -3.74. The Morgan fingerprint density at radius 2 is 1.62 bits per heavy atom. The molecule has 0 aliphatic carbocycles. The van der Waals surface area contributed by atoms with E-state index in [0.717, 1.165) is 25.7 Å². The molecule has 184 valence electrons. The molecule has 0 atom stereocenters. The topological polar surface area (TPSA) is 96.0 Å². The highest BCUT2D eigenvalue weighted by Crippen LogP contribution is 2.27. The predicted octanol–water partition coefficient (Wildman–Crippen LogP) is 3.99. The number of nitrogens with one attached hydrogen (secondary N) is 1. The van der Waals surface area contributed by atoms with E-state index in [2.05, 4.69) is 5.32 Å². The number of nitrogens with zero attached hydrogens (tertiary/aromatic N) is 2. The Morgan fingerprint density at radius 1 is 0.971 bits per heavy atom. The van der Waals surface area contributed by atoms with Crippen LogP contribution in [-0.2, 0) is 10.0 Å². The summed E-state index contributed by atoms with van der Waals surface area (Å²) in [5.74, 6) is -0.491. The van der Waals surface area contributed by atoms with Gasteiger partial charge < -0.3 is 15.0 Å². The third-order valence-electron chi connectivity index (χ3n) is 6.07. The quantitative estimate of drug-likeness (QED) is 0.607. The molecular formula is C25H33N3O5S. The van der Waals surface area contributed by atoms with Gasteiger partial charge in [0, 0.05) is 26.2 Å². The Bertz CT molecular complexity index is 1120. The van der Waals surface area contributed by atoms with Crippen LogP contribution in [0.4, 0.5) is 5.69 Å². The fraction of sp³-hybridized carbons (Fsp3) is 0.440. The van der Waals surface area contributed by atoms with Gasteiger partial charge in [0.25, 0.3) is 11.8 Å². The number of amides is 2. The van der Waals surface area contributed by atoms with Crippen molar-refractivity contribution in [1.29, 1.82) is 0 Å². The SMILES string of the molecule is CCN(CC)C(=O)c1ccccc1NC(=O)c1cc(S(=O)(=O)N2CCCCCC2)ccc1OC. The van der Waals surface area contributed by atoms with E-state index in [-0.39, 0.29) is 22.1 Å². The van der Waals surface area contributed by atoms with Crippen LogP contribution in [0.1, 0.15) is 60.2 Å². The Morgan fingerprint density at radius 3 is 2.24 bits per heavy atom. The van der Waals surface area contributed by atoms with Crippen molar-refractivity contribution in [2.75, 3.05) is 38.6 Å². The fourth-order valence-electron chi connectivity index (χ4n) is 4.11. The summed E-state index contributed by atoms with van der Waals surface area (Å²) in [6, 6.07) is 11.1. The molecule has 2 amide bonds. The molecule has 2 aromatic rings. The van der Waals surface area contributed by atoms with Gasteiger partial charge in [-0.1, -0.05) is 25.0 Å². The average Bonchev–Trinajstić information content (AvgIpc) is 3.15. The minimum Gasteiger partial charge on any atom is -0.496 e. The zero-order valence-electron chi connectivity index (χ0n) is 20.0. The van der Waals surface area contributed by atoms with Crippen molar-refractivity contribution in [3.63, 3.8) is 0 Å². The number of hydrogen-bond acceptors (Lipinski definition) is 5. The molecule has 3 rings (SSSR count). The summed E-state index contributed by atoms with van der Waals surface area (Å²) >= 11 is 0. The fourth-order valence-corrected chi connectivity index (χ4v) is 5.65. The van der Waals surface area contributed by atoms with Gasteiger partial charge in [-0.25, -0.2) is 8.42 Å². The van der Waals surface area contributed by atoms with Crippen molar-refractivity contribution >= 4 is 27.5 Å². The Kier molecular flexibility index (Phi) is 8.68. The standard InChI is InChI=1S/C25H33N3O5S/c1-4-27(5-2)25(30)20-12-8-9-13-22(20)26-24(29)21-18-19(14-15-23(21)33-3)34(31,32)28-16-10-6-7-11-17-28/h8-9,12-15,18H,4-7,10-11,16-17H2,1-3H3,(H,26,29). The molecular weight excluding hydrogens is 454 g/mol. The average molecular weight is 488 g/mol. The van der Waals surface area contributed by atoms with Gasteiger partial charge in [-0.05, 0) is 57.0 Å². The van der Waals surface area contributed by atoms with E-state index in [1.54, 1.807) is 29.2 Å². The predicted molar refractivity (Wildman–Crippen MR) is 132 cm³/mol. The zero-order valence-corrected chi connectivity index (χ0v) is 20.9.